The number of sulfonamides is 1. The van der Waals surface area contributed by atoms with Gasteiger partial charge in [-0.15, -0.1) is 0 Å². The summed E-state index contributed by atoms with van der Waals surface area (Å²) in [5.41, 5.74) is 4.48. The first kappa shape index (κ1) is 20.1. The molecule has 6 heteroatoms. The normalized spacial score (nSPS) is 20.1. The zero-order valence-electron chi connectivity index (χ0n) is 16.9. The van der Waals surface area contributed by atoms with Gasteiger partial charge < -0.3 is 5.32 Å². The average molecular weight is 413 g/mol. The summed E-state index contributed by atoms with van der Waals surface area (Å²) in [7, 11) is -3.58. The van der Waals surface area contributed by atoms with Gasteiger partial charge in [0, 0.05) is 18.8 Å². The molecule has 5 nitrogen and oxygen atoms in total. The van der Waals surface area contributed by atoms with Crippen LogP contribution < -0.4 is 5.32 Å². The van der Waals surface area contributed by atoms with E-state index < -0.39 is 10.0 Å². The lowest BCUT2D eigenvalue weighted by molar-refractivity contribution is -0.120. The zero-order valence-corrected chi connectivity index (χ0v) is 17.7. The third kappa shape index (κ3) is 4.23. The van der Waals surface area contributed by atoms with Crippen molar-refractivity contribution in [1.82, 2.24) is 4.31 Å². The number of carbonyl (C=O) groups is 1. The SMILES string of the molecule is Cc1ccc(S(=O)(=O)N2CCCC(C(=O)Nc3cccc4c3CCCC4)C2)cc1. The molecule has 0 aromatic heterocycles. The van der Waals surface area contributed by atoms with Crippen molar-refractivity contribution < 1.29 is 13.2 Å². The van der Waals surface area contributed by atoms with E-state index >= 15 is 0 Å². The number of carbonyl (C=O) groups excluding carboxylic acids is 1. The van der Waals surface area contributed by atoms with Crippen LogP contribution in [-0.2, 0) is 27.7 Å². The van der Waals surface area contributed by atoms with Crippen molar-refractivity contribution in [3.8, 4) is 0 Å². The molecule has 1 fully saturated rings. The first-order valence-electron chi connectivity index (χ1n) is 10.4. The predicted octanol–water partition coefficient (Wildman–Crippen LogP) is 3.91. The van der Waals surface area contributed by atoms with Crippen LogP contribution in [0.4, 0.5) is 5.69 Å². The van der Waals surface area contributed by atoms with Crippen molar-refractivity contribution in [3.05, 3.63) is 59.2 Å². The fourth-order valence-electron chi connectivity index (χ4n) is 4.37. The fraction of sp³-hybridized carbons (Fsp3) is 0.435. The van der Waals surface area contributed by atoms with Crippen LogP contribution in [0.1, 0.15) is 42.4 Å². The number of benzene rings is 2. The molecule has 1 aliphatic carbocycles. The van der Waals surface area contributed by atoms with E-state index in [1.54, 1.807) is 24.3 Å². The Morgan fingerprint density at radius 3 is 2.59 bits per heavy atom. The number of piperidine rings is 1. The quantitative estimate of drug-likeness (QED) is 0.828. The van der Waals surface area contributed by atoms with E-state index in [9.17, 15) is 13.2 Å². The highest BCUT2D eigenvalue weighted by atomic mass is 32.2. The third-order valence-electron chi connectivity index (χ3n) is 6.07. The largest absolute Gasteiger partial charge is 0.326 e. The maximum atomic E-state index is 13.0. The molecule has 4 rings (SSSR count). The summed E-state index contributed by atoms with van der Waals surface area (Å²) < 4.78 is 27.5. The van der Waals surface area contributed by atoms with Crippen LogP contribution in [0.5, 0.6) is 0 Å². The first-order chi connectivity index (χ1) is 13.9. The van der Waals surface area contributed by atoms with Crippen LogP contribution in [0.15, 0.2) is 47.4 Å². The smallest absolute Gasteiger partial charge is 0.243 e. The Morgan fingerprint density at radius 2 is 1.79 bits per heavy atom. The van der Waals surface area contributed by atoms with Crippen LogP contribution in [0.25, 0.3) is 0 Å². The van der Waals surface area contributed by atoms with Crippen LogP contribution in [0.3, 0.4) is 0 Å². The van der Waals surface area contributed by atoms with Crippen molar-refractivity contribution in [2.75, 3.05) is 18.4 Å². The molecule has 1 atom stereocenters. The van der Waals surface area contributed by atoms with Crippen molar-refractivity contribution in [3.63, 3.8) is 0 Å². The van der Waals surface area contributed by atoms with Gasteiger partial charge in [-0.05, 0) is 74.8 Å². The van der Waals surface area contributed by atoms with E-state index in [0.717, 1.165) is 30.5 Å². The van der Waals surface area contributed by atoms with Gasteiger partial charge in [0.1, 0.15) is 0 Å². The average Bonchev–Trinajstić information content (AvgIpc) is 2.74. The lowest BCUT2D eigenvalue weighted by Crippen LogP contribution is -2.43. The number of hydrogen-bond acceptors (Lipinski definition) is 3. The minimum absolute atomic E-state index is 0.0761. The van der Waals surface area contributed by atoms with Gasteiger partial charge in [-0.2, -0.15) is 4.31 Å². The van der Waals surface area contributed by atoms with Gasteiger partial charge in [0.2, 0.25) is 15.9 Å². The predicted molar refractivity (Wildman–Crippen MR) is 114 cm³/mol. The summed E-state index contributed by atoms with van der Waals surface area (Å²) in [5.74, 6) is -0.406. The monoisotopic (exact) mass is 412 g/mol. The van der Waals surface area contributed by atoms with E-state index in [1.807, 2.05) is 19.1 Å². The number of fused-ring (bicyclic) bond motifs is 1. The molecule has 1 saturated heterocycles. The molecular weight excluding hydrogens is 384 g/mol. The second kappa shape index (κ2) is 8.28. The van der Waals surface area contributed by atoms with Crippen molar-refractivity contribution in [2.45, 2.75) is 50.3 Å². The van der Waals surface area contributed by atoms with Crippen molar-refractivity contribution in [2.24, 2.45) is 5.92 Å². The summed E-state index contributed by atoms with van der Waals surface area (Å²) in [5, 5.41) is 3.10. The van der Waals surface area contributed by atoms with Crippen molar-refractivity contribution in [1.29, 1.82) is 0 Å². The highest BCUT2D eigenvalue weighted by molar-refractivity contribution is 7.89. The van der Waals surface area contributed by atoms with Crippen LogP contribution in [-0.4, -0.2) is 31.7 Å². The third-order valence-corrected chi connectivity index (χ3v) is 7.95. The van der Waals surface area contributed by atoms with E-state index in [1.165, 1.54) is 21.9 Å². The van der Waals surface area contributed by atoms with E-state index in [-0.39, 0.29) is 18.4 Å². The molecule has 0 saturated carbocycles. The van der Waals surface area contributed by atoms with Crippen LogP contribution >= 0.6 is 0 Å². The van der Waals surface area contributed by atoms with Gasteiger partial charge in [0.05, 0.1) is 10.8 Å². The number of nitrogens with one attached hydrogen (secondary N) is 1. The molecule has 1 N–H and O–H groups in total. The Labute approximate surface area is 173 Å². The number of hydrogen-bond donors (Lipinski definition) is 1. The second-order valence-corrected chi connectivity index (χ2v) is 10.1. The van der Waals surface area contributed by atoms with Crippen LogP contribution in [0, 0.1) is 12.8 Å². The zero-order chi connectivity index (χ0) is 20.4. The summed E-state index contributed by atoms with van der Waals surface area (Å²) in [4.78, 5) is 13.3. The van der Waals surface area contributed by atoms with Gasteiger partial charge >= 0.3 is 0 Å². The molecule has 2 aromatic carbocycles. The lowest BCUT2D eigenvalue weighted by Gasteiger charge is -2.31. The molecule has 1 aliphatic heterocycles. The highest BCUT2D eigenvalue weighted by Gasteiger charge is 2.33. The fourth-order valence-corrected chi connectivity index (χ4v) is 5.89. The van der Waals surface area contributed by atoms with Gasteiger partial charge in [-0.1, -0.05) is 29.8 Å². The Bertz CT molecular complexity index is 999. The lowest BCUT2D eigenvalue weighted by atomic mass is 9.90. The molecule has 0 radical (unpaired) electrons. The van der Waals surface area contributed by atoms with Gasteiger partial charge in [-0.3, -0.25) is 4.79 Å². The Balaban J connectivity index is 1.48. The molecule has 1 unspecified atom stereocenters. The summed E-state index contributed by atoms with van der Waals surface area (Å²) >= 11 is 0. The second-order valence-electron chi connectivity index (χ2n) is 8.15. The maximum Gasteiger partial charge on any atom is 0.243 e. The molecule has 2 aromatic rings. The number of anilines is 1. The standard InChI is InChI=1S/C23H28N2O3S/c1-17-11-13-20(14-12-17)29(27,28)25-15-5-8-19(16-25)23(26)24-22-10-4-7-18-6-2-3-9-21(18)22/h4,7,10-14,19H,2-3,5-6,8-9,15-16H2,1H3,(H,24,26). The maximum absolute atomic E-state index is 13.0. The van der Waals surface area contributed by atoms with E-state index in [4.69, 9.17) is 0 Å². The van der Waals surface area contributed by atoms with E-state index in [2.05, 4.69) is 11.4 Å². The number of nitrogens with zero attached hydrogens (tertiary/aromatic N) is 1. The minimum Gasteiger partial charge on any atom is -0.326 e. The molecule has 1 amide bonds. The minimum atomic E-state index is -3.58. The van der Waals surface area contributed by atoms with Gasteiger partial charge in [0.25, 0.3) is 0 Å². The highest BCUT2D eigenvalue weighted by Crippen LogP contribution is 2.29. The topological polar surface area (TPSA) is 66.5 Å². The molecule has 0 bridgehead atoms. The van der Waals surface area contributed by atoms with Gasteiger partial charge in [0.15, 0.2) is 0 Å². The molecule has 2 aliphatic rings. The van der Waals surface area contributed by atoms with Crippen molar-refractivity contribution >= 4 is 21.6 Å². The number of rotatable bonds is 4. The Hall–Kier alpha value is -2.18. The summed E-state index contributed by atoms with van der Waals surface area (Å²) in [6, 6.07) is 13.0. The van der Waals surface area contributed by atoms with E-state index in [0.29, 0.717) is 24.3 Å². The molecule has 1 heterocycles. The Morgan fingerprint density at radius 1 is 1.03 bits per heavy atom. The Kier molecular flexibility index (Phi) is 5.74. The first-order valence-corrected chi connectivity index (χ1v) is 11.9. The molecular formula is C23H28N2O3S. The molecule has 154 valence electrons. The van der Waals surface area contributed by atoms with Gasteiger partial charge in [-0.25, -0.2) is 8.42 Å². The number of amides is 1. The molecule has 29 heavy (non-hydrogen) atoms. The summed E-state index contributed by atoms with van der Waals surface area (Å²) in [6.45, 7) is 2.62. The van der Waals surface area contributed by atoms with Crippen LogP contribution in [0.2, 0.25) is 0 Å². The molecule has 0 spiro atoms. The number of aryl methyl sites for hydroxylation is 2. The summed E-state index contributed by atoms with van der Waals surface area (Å²) in [6.07, 6.45) is 5.79.